The molecule has 1 aliphatic carbocycles. The van der Waals surface area contributed by atoms with E-state index in [4.69, 9.17) is 9.52 Å². The number of nitrogens with one attached hydrogen (secondary N) is 1. The van der Waals surface area contributed by atoms with Crippen LogP contribution in [-0.4, -0.2) is 53.2 Å². The summed E-state index contributed by atoms with van der Waals surface area (Å²) in [5, 5.41) is 12.3. The molecule has 1 heterocycles. The standard InChI is InChI=1S/C22H25N3O3/c1-25(18-11-10-17(14-18)23-12-13-26)22(27)16-8-6-15(7-9-16)21-24-19-4-2-3-5-20(19)28-21/h2-9,17-18,23,26H,10-14H2,1H3/t17-,18+/m0/s1. The normalized spacial score (nSPS) is 19.2. The molecular weight excluding hydrogens is 354 g/mol. The monoisotopic (exact) mass is 379 g/mol. The van der Waals surface area contributed by atoms with Gasteiger partial charge in [-0.2, -0.15) is 0 Å². The van der Waals surface area contributed by atoms with Crippen molar-refractivity contribution in [3.63, 3.8) is 0 Å². The molecule has 2 atom stereocenters. The lowest BCUT2D eigenvalue weighted by Crippen LogP contribution is -2.37. The first-order valence-electron chi connectivity index (χ1n) is 9.73. The number of aliphatic hydroxyl groups is 1. The number of aliphatic hydroxyl groups excluding tert-OH is 1. The second-order valence-corrected chi connectivity index (χ2v) is 7.32. The summed E-state index contributed by atoms with van der Waals surface area (Å²) in [7, 11) is 1.87. The average Bonchev–Trinajstić information content (AvgIpc) is 3.38. The first-order chi connectivity index (χ1) is 13.7. The van der Waals surface area contributed by atoms with Gasteiger partial charge in [-0.3, -0.25) is 4.79 Å². The van der Waals surface area contributed by atoms with Crippen LogP contribution in [0.1, 0.15) is 29.6 Å². The van der Waals surface area contributed by atoms with E-state index in [1.165, 1.54) is 0 Å². The summed E-state index contributed by atoms with van der Waals surface area (Å²) < 4.78 is 5.80. The van der Waals surface area contributed by atoms with E-state index >= 15 is 0 Å². The Morgan fingerprint density at radius 1 is 1.21 bits per heavy atom. The van der Waals surface area contributed by atoms with E-state index in [9.17, 15) is 4.79 Å². The lowest BCUT2D eigenvalue weighted by molar-refractivity contribution is 0.0733. The van der Waals surface area contributed by atoms with E-state index in [-0.39, 0.29) is 18.6 Å². The van der Waals surface area contributed by atoms with E-state index < -0.39 is 0 Å². The fourth-order valence-electron chi connectivity index (χ4n) is 3.88. The van der Waals surface area contributed by atoms with E-state index in [1.54, 1.807) is 0 Å². The summed E-state index contributed by atoms with van der Waals surface area (Å²) in [6.07, 6.45) is 2.93. The van der Waals surface area contributed by atoms with E-state index in [0.717, 1.165) is 35.9 Å². The molecule has 146 valence electrons. The SMILES string of the molecule is CN(C(=O)c1ccc(-c2nc3ccccc3o2)cc1)[C@@H]1CC[C@H](NCCO)C1. The molecule has 6 heteroatoms. The zero-order valence-electron chi connectivity index (χ0n) is 16.0. The fourth-order valence-corrected chi connectivity index (χ4v) is 3.88. The second-order valence-electron chi connectivity index (χ2n) is 7.32. The molecule has 0 spiro atoms. The van der Waals surface area contributed by atoms with E-state index in [2.05, 4.69) is 10.3 Å². The van der Waals surface area contributed by atoms with Gasteiger partial charge in [-0.25, -0.2) is 4.98 Å². The van der Waals surface area contributed by atoms with Gasteiger partial charge in [0, 0.05) is 36.8 Å². The number of rotatable bonds is 6. The van der Waals surface area contributed by atoms with Crippen LogP contribution in [0.3, 0.4) is 0 Å². The molecule has 1 fully saturated rings. The summed E-state index contributed by atoms with van der Waals surface area (Å²) in [6, 6.07) is 15.7. The highest BCUT2D eigenvalue weighted by atomic mass is 16.3. The predicted octanol–water partition coefficient (Wildman–Crippen LogP) is 3.07. The molecular formula is C22H25N3O3. The lowest BCUT2D eigenvalue weighted by atomic mass is 10.1. The zero-order valence-corrected chi connectivity index (χ0v) is 16.0. The third kappa shape index (κ3) is 3.79. The van der Waals surface area contributed by atoms with Crippen molar-refractivity contribution in [2.75, 3.05) is 20.2 Å². The number of hydrogen-bond donors (Lipinski definition) is 2. The number of carbonyl (C=O) groups excluding carboxylic acids is 1. The minimum Gasteiger partial charge on any atom is -0.436 e. The van der Waals surface area contributed by atoms with Gasteiger partial charge in [0.05, 0.1) is 6.61 Å². The summed E-state index contributed by atoms with van der Waals surface area (Å²) in [6.45, 7) is 0.745. The molecule has 2 aromatic carbocycles. The fraction of sp³-hybridized carbons (Fsp3) is 0.364. The van der Waals surface area contributed by atoms with Crippen molar-refractivity contribution in [2.45, 2.75) is 31.3 Å². The number of carbonyl (C=O) groups is 1. The minimum atomic E-state index is 0.0249. The van der Waals surface area contributed by atoms with E-state index in [0.29, 0.717) is 24.0 Å². The van der Waals surface area contributed by atoms with Crippen LogP contribution >= 0.6 is 0 Å². The summed E-state index contributed by atoms with van der Waals surface area (Å²) in [4.78, 5) is 19.2. The van der Waals surface area contributed by atoms with Crippen molar-refractivity contribution in [1.29, 1.82) is 0 Å². The molecule has 3 aromatic rings. The van der Waals surface area contributed by atoms with Gasteiger partial charge in [-0.15, -0.1) is 0 Å². The second kappa shape index (κ2) is 8.12. The topological polar surface area (TPSA) is 78.6 Å². The van der Waals surface area contributed by atoms with Crippen molar-refractivity contribution >= 4 is 17.0 Å². The van der Waals surface area contributed by atoms with Crippen LogP contribution in [0.25, 0.3) is 22.6 Å². The Morgan fingerprint density at radius 3 is 2.75 bits per heavy atom. The summed E-state index contributed by atoms with van der Waals surface area (Å²) >= 11 is 0. The Labute approximate surface area is 164 Å². The highest BCUT2D eigenvalue weighted by Crippen LogP contribution is 2.26. The first-order valence-corrected chi connectivity index (χ1v) is 9.73. The maximum Gasteiger partial charge on any atom is 0.253 e. The highest BCUT2D eigenvalue weighted by molar-refractivity contribution is 5.94. The quantitative estimate of drug-likeness (QED) is 0.688. The molecule has 4 rings (SSSR count). The van der Waals surface area contributed by atoms with Crippen molar-refractivity contribution in [2.24, 2.45) is 0 Å². The Hall–Kier alpha value is -2.70. The minimum absolute atomic E-state index is 0.0249. The molecule has 0 bridgehead atoms. The zero-order chi connectivity index (χ0) is 19.5. The van der Waals surface area contributed by atoms with Gasteiger partial charge >= 0.3 is 0 Å². The van der Waals surface area contributed by atoms with Gasteiger partial charge in [0.2, 0.25) is 5.89 Å². The van der Waals surface area contributed by atoms with Crippen LogP contribution in [0, 0.1) is 0 Å². The predicted molar refractivity (Wildman–Crippen MR) is 108 cm³/mol. The molecule has 1 aromatic heterocycles. The number of oxazole rings is 1. The van der Waals surface area contributed by atoms with E-state index in [1.807, 2.05) is 60.5 Å². The Kier molecular flexibility index (Phi) is 5.41. The molecule has 1 amide bonds. The number of aromatic nitrogens is 1. The van der Waals surface area contributed by atoms with Gasteiger partial charge in [0.25, 0.3) is 5.91 Å². The van der Waals surface area contributed by atoms with Crippen LogP contribution in [0.2, 0.25) is 0 Å². The molecule has 0 aliphatic heterocycles. The first kappa shape index (κ1) is 18.7. The van der Waals surface area contributed by atoms with Crippen molar-refractivity contribution < 1.29 is 14.3 Å². The Bertz CT molecular complexity index is 918. The number of hydrogen-bond acceptors (Lipinski definition) is 5. The molecule has 0 radical (unpaired) electrons. The van der Waals surface area contributed by atoms with Crippen LogP contribution in [0.5, 0.6) is 0 Å². The lowest BCUT2D eigenvalue weighted by Gasteiger charge is -2.25. The highest BCUT2D eigenvalue weighted by Gasteiger charge is 2.29. The van der Waals surface area contributed by atoms with Gasteiger partial charge in [0.1, 0.15) is 5.52 Å². The number of fused-ring (bicyclic) bond motifs is 1. The van der Waals surface area contributed by atoms with Gasteiger partial charge in [-0.05, 0) is 55.7 Å². The third-order valence-electron chi connectivity index (χ3n) is 5.49. The Balaban J connectivity index is 1.44. The van der Waals surface area contributed by atoms with Gasteiger partial charge < -0.3 is 19.7 Å². The summed E-state index contributed by atoms with van der Waals surface area (Å²) in [5.74, 6) is 0.582. The van der Waals surface area contributed by atoms with Crippen molar-refractivity contribution in [3.8, 4) is 11.5 Å². The van der Waals surface area contributed by atoms with Crippen LogP contribution < -0.4 is 5.32 Å². The molecule has 1 aliphatic rings. The van der Waals surface area contributed by atoms with Crippen LogP contribution in [0.4, 0.5) is 0 Å². The number of para-hydroxylation sites is 2. The molecule has 0 saturated heterocycles. The van der Waals surface area contributed by atoms with Crippen LogP contribution in [-0.2, 0) is 0 Å². The number of benzene rings is 2. The number of amides is 1. The molecule has 0 unspecified atom stereocenters. The Morgan fingerprint density at radius 2 is 2.00 bits per heavy atom. The average molecular weight is 379 g/mol. The maximum atomic E-state index is 12.9. The van der Waals surface area contributed by atoms with Crippen molar-refractivity contribution in [3.05, 3.63) is 54.1 Å². The van der Waals surface area contributed by atoms with Gasteiger partial charge in [-0.1, -0.05) is 12.1 Å². The van der Waals surface area contributed by atoms with Crippen molar-refractivity contribution in [1.82, 2.24) is 15.2 Å². The maximum absolute atomic E-state index is 12.9. The molecule has 28 heavy (non-hydrogen) atoms. The summed E-state index contributed by atoms with van der Waals surface area (Å²) in [5.41, 5.74) is 3.09. The largest absolute Gasteiger partial charge is 0.436 e. The molecule has 1 saturated carbocycles. The van der Waals surface area contributed by atoms with Gasteiger partial charge in [0.15, 0.2) is 5.58 Å². The molecule has 6 nitrogen and oxygen atoms in total. The molecule has 2 N–H and O–H groups in total. The third-order valence-corrected chi connectivity index (χ3v) is 5.49. The smallest absolute Gasteiger partial charge is 0.253 e. The van der Waals surface area contributed by atoms with Crippen LogP contribution in [0.15, 0.2) is 52.9 Å². The number of nitrogens with zero attached hydrogens (tertiary/aromatic N) is 2.